The minimum absolute atomic E-state index is 0.0482. The van der Waals surface area contributed by atoms with Crippen LogP contribution >= 0.6 is 0 Å². The molecule has 0 aromatic rings. The van der Waals surface area contributed by atoms with E-state index in [1.54, 1.807) is 0 Å². The van der Waals surface area contributed by atoms with E-state index in [1.807, 2.05) is 0 Å². The number of ether oxygens (including phenoxy) is 7. The number of esters is 5. The lowest BCUT2D eigenvalue weighted by Crippen LogP contribution is -2.59. The van der Waals surface area contributed by atoms with Gasteiger partial charge in [-0.2, -0.15) is 0 Å². The second-order valence-electron chi connectivity index (χ2n) is 19.9. The van der Waals surface area contributed by atoms with Gasteiger partial charge in [-0.1, -0.05) is 91.9 Å². The second-order valence-corrected chi connectivity index (χ2v) is 19.9. The SMILES string of the molecule is CCCCCCCCOC(=O)CCCC(=O)OCC(COC(=O)CCCC(=O)OCCCCCCCC)(COC(=O)CC12CC3CC4CC(C1)C43C2)COC(=O)OCCCN(CC)CC. The van der Waals surface area contributed by atoms with E-state index in [-0.39, 0.29) is 81.5 Å². The number of hydrogen-bond acceptors (Lipinski definition) is 14. The summed E-state index contributed by atoms with van der Waals surface area (Å²) in [6, 6.07) is 0. The number of fused-ring (bicyclic) bond motifs is 1. The molecule has 0 amide bonds. The van der Waals surface area contributed by atoms with Gasteiger partial charge in [-0.3, -0.25) is 24.0 Å². The minimum atomic E-state index is -1.47. The van der Waals surface area contributed by atoms with Crippen molar-refractivity contribution in [3.05, 3.63) is 0 Å². The normalized spacial score (nSPS) is 22.3. The van der Waals surface area contributed by atoms with Gasteiger partial charge < -0.3 is 38.1 Å². The fourth-order valence-corrected chi connectivity index (χ4v) is 11.2. The molecule has 65 heavy (non-hydrogen) atoms. The largest absolute Gasteiger partial charge is 0.508 e. The van der Waals surface area contributed by atoms with Crippen LogP contribution in [0.15, 0.2) is 0 Å². The molecule has 14 nitrogen and oxygen atoms in total. The van der Waals surface area contributed by atoms with Gasteiger partial charge >= 0.3 is 36.0 Å². The van der Waals surface area contributed by atoms with Crippen molar-refractivity contribution in [1.82, 2.24) is 4.90 Å². The molecule has 2 bridgehead atoms. The molecule has 0 heterocycles. The topological polar surface area (TPSA) is 170 Å². The number of unbranched alkanes of at least 4 members (excludes halogenated alkanes) is 10. The summed E-state index contributed by atoms with van der Waals surface area (Å²) in [5.41, 5.74) is -1.12. The Morgan fingerprint density at radius 3 is 1.37 bits per heavy atom. The molecule has 4 aliphatic rings. The highest BCUT2D eigenvalue weighted by molar-refractivity contribution is 5.73. The van der Waals surface area contributed by atoms with Gasteiger partial charge in [0, 0.05) is 32.2 Å². The molecule has 4 fully saturated rings. The Morgan fingerprint density at radius 2 is 0.908 bits per heavy atom. The number of nitrogens with zero attached hydrogens (tertiary/aromatic N) is 1. The number of rotatable bonds is 38. The maximum absolute atomic E-state index is 13.7. The summed E-state index contributed by atoms with van der Waals surface area (Å²) in [7, 11) is 0. The Labute approximate surface area is 389 Å². The van der Waals surface area contributed by atoms with Gasteiger partial charge in [0.1, 0.15) is 31.8 Å². The lowest BCUT2D eigenvalue weighted by molar-refractivity contribution is -0.178. The molecule has 2 atom stereocenters. The fourth-order valence-electron chi connectivity index (χ4n) is 11.2. The molecule has 4 saturated carbocycles. The summed E-state index contributed by atoms with van der Waals surface area (Å²) in [5.74, 6) is -0.196. The fraction of sp³-hybridized carbons (Fsp3) is 0.882. The van der Waals surface area contributed by atoms with Crippen LogP contribution in [0.4, 0.5) is 4.79 Å². The molecule has 0 saturated heterocycles. The standard InChI is InChI=1S/C51H85NO13/c1-5-9-11-13-15-17-27-59-43(53)22-19-24-45(55)62-36-50(39-65-48(58)61-29-21-26-52(7-3)8-4,37-63-46(56)25-20-23-44(54)60-28-18-16-14-12-10-6-2)38-64-47(57)34-49-32-41-30-40-31-42(33-49)51(40,41)35-49/h40-42H,5-39H2,1-4H3. The van der Waals surface area contributed by atoms with Crippen LogP contribution in [-0.4, -0.2) is 107 Å². The molecular formula is C51H85NO13. The number of carbonyl (C=O) groups is 6. The van der Waals surface area contributed by atoms with E-state index in [0.717, 1.165) is 83.3 Å². The van der Waals surface area contributed by atoms with E-state index in [4.69, 9.17) is 33.2 Å². The highest BCUT2D eigenvalue weighted by Crippen LogP contribution is 2.85. The van der Waals surface area contributed by atoms with E-state index in [2.05, 4.69) is 32.6 Å². The Bertz CT molecular complexity index is 1410. The minimum Gasteiger partial charge on any atom is -0.466 e. The van der Waals surface area contributed by atoms with Crippen molar-refractivity contribution in [1.29, 1.82) is 0 Å². The van der Waals surface area contributed by atoms with E-state index in [9.17, 15) is 28.8 Å². The Kier molecular flexibility index (Phi) is 23.9. The van der Waals surface area contributed by atoms with Crippen LogP contribution in [-0.2, 0) is 57.1 Å². The third-order valence-electron chi connectivity index (χ3n) is 14.9. The summed E-state index contributed by atoms with van der Waals surface area (Å²) in [5, 5.41) is 0. The van der Waals surface area contributed by atoms with Gasteiger partial charge in [0.25, 0.3) is 0 Å². The van der Waals surface area contributed by atoms with Crippen molar-refractivity contribution in [3.8, 4) is 0 Å². The lowest BCUT2D eigenvalue weighted by atomic mass is 9.38. The van der Waals surface area contributed by atoms with Crippen molar-refractivity contribution in [3.63, 3.8) is 0 Å². The van der Waals surface area contributed by atoms with Gasteiger partial charge in [-0.15, -0.1) is 0 Å². The first-order chi connectivity index (χ1) is 31.4. The number of hydrogen-bond donors (Lipinski definition) is 0. The summed E-state index contributed by atoms with van der Waals surface area (Å²) in [6.07, 6.45) is 18.8. The zero-order valence-corrected chi connectivity index (χ0v) is 40.7. The Hall–Kier alpha value is -3.42. The second kappa shape index (κ2) is 28.7. The van der Waals surface area contributed by atoms with Crippen LogP contribution < -0.4 is 0 Å². The number of carbonyl (C=O) groups excluding carboxylic acids is 6. The molecular weight excluding hydrogens is 835 g/mol. The molecule has 0 N–H and O–H groups in total. The molecule has 4 aliphatic carbocycles. The van der Waals surface area contributed by atoms with Crippen LogP contribution in [0.3, 0.4) is 0 Å². The molecule has 0 aliphatic heterocycles. The zero-order valence-electron chi connectivity index (χ0n) is 40.7. The highest BCUT2D eigenvalue weighted by atomic mass is 16.7. The molecule has 14 heteroatoms. The maximum Gasteiger partial charge on any atom is 0.508 e. The predicted molar refractivity (Wildman–Crippen MR) is 244 cm³/mol. The van der Waals surface area contributed by atoms with Crippen molar-refractivity contribution in [2.75, 3.05) is 65.9 Å². The summed E-state index contributed by atoms with van der Waals surface area (Å²) >= 11 is 0. The molecule has 0 aromatic heterocycles. The van der Waals surface area contributed by atoms with E-state index >= 15 is 0 Å². The van der Waals surface area contributed by atoms with E-state index in [0.29, 0.717) is 36.9 Å². The summed E-state index contributed by atoms with van der Waals surface area (Å²) in [6.45, 7) is 10.1. The van der Waals surface area contributed by atoms with Crippen LogP contribution in [0, 0.1) is 34.0 Å². The molecule has 0 aromatic carbocycles. The van der Waals surface area contributed by atoms with Gasteiger partial charge in [-0.05, 0) is 106 Å². The van der Waals surface area contributed by atoms with Crippen LogP contribution in [0.25, 0.3) is 0 Å². The quantitative estimate of drug-likeness (QED) is 0.0326. The van der Waals surface area contributed by atoms with E-state index in [1.165, 1.54) is 51.4 Å². The first-order valence-corrected chi connectivity index (χ1v) is 25.7. The van der Waals surface area contributed by atoms with Gasteiger partial charge in [0.2, 0.25) is 0 Å². The third kappa shape index (κ3) is 17.6. The monoisotopic (exact) mass is 920 g/mol. The zero-order chi connectivity index (χ0) is 47.0. The van der Waals surface area contributed by atoms with Gasteiger partial charge in [0.05, 0.1) is 26.2 Å². The van der Waals surface area contributed by atoms with Gasteiger partial charge in [-0.25, -0.2) is 4.79 Å². The molecule has 372 valence electrons. The summed E-state index contributed by atoms with van der Waals surface area (Å²) < 4.78 is 39.1. The average molecular weight is 920 g/mol. The predicted octanol–water partition coefficient (Wildman–Crippen LogP) is 9.85. The molecule has 0 radical (unpaired) electrons. The molecule has 2 unspecified atom stereocenters. The van der Waals surface area contributed by atoms with Crippen molar-refractivity contribution in [2.24, 2.45) is 34.0 Å². The molecule has 4 rings (SSSR count). The maximum atomic E-state index is 13.7. The van der Waals surface area contributed by atoms with Crippen LogP contribution in [0.2, 0.25) is 0 Å². The average Bonchev–Trinajstić information content (AvgIpc) is 3.75. The van der Waals surface area contributed by atoms with Crippen LogP contribution in [0.5, 0.6) is 0 Å². The first-order valence-electron chi connectivity index (χ1n) is 25.7. The van der Waals surface area contributed by atoms with Gasteiger partial charge in [0.15, 0.2) is 0 Å². The Balaban J connectivity index is 1.34. The van der Waals surface area contributed by atoms with E-state index < -0.39 is 43.3 Å². The third-order valence-corrected chi connectivity index (χ3v) is 14.9. The highest BCUT2D eigenvalue weighted by Gasteiger charge is 2.77. The Morgan fingerprint density at radius 1 is 0.477 bits per heavy atom. The van der Waals surface area contributed by atoms with Crippen molar-refractivity contribution < 1.29 is 61.9 Å². The summed E-state index contributed by atoms with van der Waals surface area (Å²) in [4.78, 5) is 79.9. The van der Waals surface area contributed by atoms with Crippen molar-refractivity contribution in [2.45, 2.75) is 188 Å². The first kappa shape index (κ1) is 54.2. The van der Waals surface area contributed by atoms with Crippen LogP contribution in [0.1, 0.15) is 188 Å². The van der Waals surface area contributed by atoms with Crippen molar-refractivity contribution >= 4 is 36.0 Å². The molecule has 1 spiro atoms. The smallest absolute Gasteiger partial charge is 0.466 e. The lowest BCUT2D eigenvalue weighted by Gasteiger charge is -2.66.